The van der Waals surface area contributed by atoms with E-state index in [1.807, 2.05) is 24.3 Å². The molecule has 1 aliphatic rings. The van der Waals surface area contributed by atoms with Gasteiger partial charge >= 0.3 is 0 Å². The lowest BCUT2D eigenvalue weighted by Crippen LogP contribution is -1.96. The normalized spacial score (nSPS) is 16.1. The average molecular weight is 204 g/mol. The summed E-state index contributed by atoms with van der Waals surface area (Å²) in [6, 6.07) is 7.75. The standard InChI is InChI=1S/C10H8N2OS/c13-14-5-9-10(6-14)12-8-4-2-1-3-7(8)11-9/h1-4H,5-6H2. The van der Waals surface area contributed by atoms with Crippen LogP contribution in [0.25, 0.3) is 11.0 Å². The van der Waals surface area contributed by atoms with E-state index in [2.05, 4.69) is 9.97 Å². The second-order valence-corrected chi connectivity index (χ2v) is 4.79. The Morgan fingerprint density at radius 3 is 2.00 bits per heavy atom. The molecule has 3 nitrogen and oxygen atoms in total. The number of benzene rings is 1. The molecule has 0 atom stereocenters. The fourth-order valence-electron chi connectivity index (χ4n) is 1.66. The van der Waals surface area contributed by atoms with Crippen LogP contribution in [0.5, 0.6) is 0 Å². The zero-order valence-electron chi connectivity index (χ0n) is 7.43. The molecule has 70 valence electrons. The molecule has 0 radical (unpaired) electrons. The Kier molecular flexibility index (Phi) is 1.72. The maximum absolute atomic E-state index is 11.3. The lowest BCUT2D eigenvalue weighted by atomic mass is 10.2. The third-order valence-electron chi connectivity index (χ3n) is 2.32. The highest BCUT2D eigenvalue weighted by molar-refractivity contribution is 7.90. The maximum Gasteiger partial charge on any atom is 0.149 e. The Labute approximate surface area is 84.4 Å². The molecule has 14 heavy (non-hydrogen) atoms. The molecule has 1 aromatic heterocycles. The Hall–Kier alpha value is -1.13. The Balaban J connectivity index is 2.27. The van der Waals surface area contributed by atoms with Crippen LogP contribution in [0.15, 0.2) is 24.3 Å². The highest BCUT2D eigenvalue weighted by Crippen LogP contribution is 2.23. The summed E-state index contributed by atoms with van der Waals surface area (Å²) in [7, 11) is 0. The summed E-state index contributed by atoms with van der Waals surface area (Å²) in [6.07, 6.45) is 0. The predicted molar refractivity (Wildman–Crippen MR) is 55.1 cm³/mol. The van der Waals surface area contributed by atoms with Gasteiger partial charge in [-0.25, -0.2) is 9.97 Å². The number of hydrogen-bond donors (Lipinski definition) is 0. The molecule has 0 N–H and O–H groups in total. The van der Waals surface area contributed by atoms with E-state index in [-0.39, 0.29) is 0 Å². The second-order valence-electron chi connectivity index (χ2n) is 3.33. The van der Waals surface area contributed by atoms with Crippen LogP contribution in [0, 0.1) is 0 Å². The molecule has 0 amide bonds. The lowest BCUT2D eigenvalue weighted by molar-refractivity contribution is 0.596. The van der Waals surface area contributed by atoms with E-state index >= 15 is 0 Å². The monoisotopic (exact) mass is 204 g/mol. The first-order valence-corrected chi connectivity index (χ1v) is 5.91. The van der Waals surface area contributed by atoms with Gasteiger partial charge in [-0.2, -0.15) is 0 Å². The Morgan fingerprint density at radius 2 is 1.50 bits per heavy atom. The van der Waals surface area contributed by atoms with Gasteiger partial charge < -0.3 is 4.55 Å². The first-order valence-electron chi connectivity index (χ1n) is 4.42. The van der Waals surface area contributed by atoms with Crippen LogP contribution < -0.4 is 0 Å². The van der Waals surface area contributed by atoms with Gasteiger partial charge in [0.1, 0.15) is 22.9 Å². The van der Waals surface area contributed by atoms with Crippen molar-refractivity contribution in [3.63, 3.8) is 0 Å². The van der Waals surface area contributed by atoms with Crippen molar-refractivity contribution in [3.05, 3.63) is 35.7 Å². The Morgan fingerprint density at radius 1 is 1.00 bits per heavy atom. The van der Waals surface area contributed by atoms with Crippen LogP contribution in [0.4, 0.5) is 0 Å². The van der Waals surface area contributed by atoms with Crippen LogP contribution in [0.2, 0.25) is 0 Å². The minimum atomic E-state index is -0.793. The number of hydrogen-bond acceptors (Lipinski definition) is 3. The minimum Gasteiger partial charge on any atom is -0.616 e. The fourth-order valence-corrected chi connectivity index (χ4v) is 2.83. The van der Waals surface area contributed by atoms with E-state index in [1.165, 1.54) is 0 Å². The van der Waals surface area contributed by atoms with E-state index < -0.39 is 11.2 Å². The molecule has 0 bridgehead atoms. The van der Waals surface area contributed by atoms with Crippen LogP contribution >= 0.6 is 0 Å². The number of nitrogens with zero attached hydrogens (tertiary/aromatic N) is 2. The summed E-state index contributed by atoms with van der Waals surface area (Å²) in [4.78, 5) is 8.90. The second kappa shape index (κ2) is 2.93. The smallest absolute Gasteiger partial charge is 0.149 e. The van der Waals surface area contributed by atoms with Crippen molar-refractivity contribution in [2.75, 3.05) is 0 Å². The molecule has 1 aromatic carbocycles. The third kappa shape index (κ3) is 1.19. The van der Waals surface area contributed by atoms with Crippen LogP contribution in [0.1, 0.15) is 11.4 Å². The molecular formula is C10H8N2OS. The maximum atomic E-state index is 11.3. The number of para-hydroxylation sites is 2. The average Bonchev–Trinajstić information content (AvgIpc) is 2.53. The fraction of sp³-hybridized carbons (Fsp3) is 0.200. The van der Waals surface area contributed by atoms with Crippen molar-refractivity contribution in [2.24, 2.45) is 0 Å². The van der Waals surface area contributed by atoms with E-state index in [0.29, 0.717) is 11.5 Å². The van der Waals surface area contributed by atoms with Crippen molar-refractivity contribution in [1.82, 2.24) is 9.97 Å². The molecular weight excluding hydrogens is 196 g/mol. The zero-order chi connectivity index (χ0) is 9.54. The van der Waals surface area contributed by atoms with Gasteiger partial charge in [-0.1, -0.05) is 12.1 Å². The molecule has 0 fully saturated rings. The van der Waals surface area contributed by atoms with Crippen molar-refractivity contribution in [3.8, 4) is 0 Å². The van der Waals surface area contributed by atoms with Crippen molar-refractivity contribution < 1.29 is 4.55 Å². The molecule has 3 rings (SSSR count). The first-order chi connectivity index (χ1) is 6.83. The van der Waals surface area contributed by atoms with Gasteiger partial charge in [-0.05, 0) is 23.3 Å². The van der Waals surface area contributed by atoms with Gasteiger partial charge in [-0.3, -0.25) is 0 Å². The van der Waals surface area contributed by atoms with E-state index in [1.54, 1.807) is 0 Å². The van der Waals surface area contributed by atoms with Crippen molar-refractivity contribution in [1.29, 1.82) is 0 Å². The molecule has 0 saturated carbocycles. The molecule has 0 spiro atoms. The van der Waals surface area contributed by atoms with E-state index in [4.69, 9.17) is 0 Å². The summed E-state index contributed by atoms with van der Waals surface area (Å²) < 4.78 is 11.3. The molecule has 2 heterocycles. The molecule has 1 aliphatic heterocycles. The molecule has 0 unspecified atom stereocenters. The quantitative estimate of drug-likeness (QED) is 0.609. The van der Waals surface area contributed by atoms with Crippen molar-refractivity contribution in [2.45, 2.75) is 11.5 Å². The van der Waals surface area contributed by atoms with Crippen molar-refractivity contribution >= 4 is 22.2 Å². The topological polar surface area (TPSA) is 48.8 Å². The van der Waals surface area contributed by atoms with Gasteiger partial charge in [0.25, 0.3) is 0 Å². The SMILES string of the molecule is [O-][S+]1Cc2nc3ccccc3nc2C1. The van der Waals surface area contributed by atoms with Gasteiger partial charge in [-0.15, -0.1) is 0 Å². The molecule has 0 saturated heterocycles. The molecule has 0 aliphatic carbocycles. The summed E-state index contributed by atoms with van der Waals surface area (Å²) in [5.41, 5.74) is 3.60. The summed E-state index contributed by atoms with van der Waals surface area (Å²) in [5, 5.41) is 0. The first kappa shape index (κ1) is 8.20. The van der Waals surface area contributed by atoms with Gasteiger partial charge in [0.2, 0.25) is 0 Å². The van der Waals surface area contributed by atoms with Crippen LogP contribution in [0.3, 0.4) is 0 Å². The lowest BCUT2D eigenvalue weighted by Gasteiger charge is -1.97. The van der Waals surface area contributed by atoms with Crippen LogP contribution in [-0.2, 0) is 22.7 Å². The van der Waals surface area contributed by atoms with Gasteiger partial charge in [0.15, 0.2) is 0 Å². The van der Waals surface area contributed by atoms with Crippen LogP contribution in [-0.4, -0.2) is 14.5 Å². The highest BCUT2D eigenvalue weighted by Gasteiger charge is 2.25. The van der Waals surface area contributed by atoms with Gasteiger partial charge in [0, 0.05) is 0 Å². The highest BCUT2D eigenvalue weighted by atomic mass is 32.2. The van der Waals surface area contributed by atoms with E-state index in [9.17, 15) is 4.55 Å². The zero-order valence-corrected chi connectivity index (χ0v) is 8.25. The Bertz CT molecular complexity index is 456. The summed E-state index contributed by atoms with van der Waals surface area (Å²) >= 11 is -0.793. The molecule has 2 aromatic rings. The summed E-state index contributed by atoms with van der Waals surface area (Å²) in [6.45, 7) is 0. The van der Waals surface area contributed by atoms with Gasteiger partial charge in [0.05, 0.1) is 11.0 Å². The predicted octanol–water partition coefficient (Wildman–Crippen LogP) is 1.39. The number of fused-ring (bicyclic) bond motifs is 2. The summed E-state index contributed by atoms with van der Waals surface area (Å²) in [5.74, 6) is 1.13. The van der Waals surface area contributed by atoms with E-state index in [0.717, 1.165) is 22.4 Å². The number of rotatable bonds is 0. The third-order valence-corrected chi connectivity index (χ3v) is 3.51. The molecule has 4 heteroatoms. The largest absolute Gasteiger partial charge is 0.616 e. The number of aromatic nitrogens is 2. The minimum absolute atomic E-state index is 0.563.